The van der Waals surface area contributed by atoms with E-state index in [1.807, 2.05) is 0 Å². The number of hydrazone groups is 1. The minimum absolute atomic E-state index is 0.113. The van der Waals surface area contributed by atoms with Gasteiger partial charge in [0.25, 0.3) is 0 Å². The first-order valence-electron chi connectivity index (χ1n) is 9.91. The SMILES string of the molecule is Oc1c(Br)cc(Br)cc1/C=N/Nc1nc(N2CCCCC2)nc(N2CCOCC2)n1. The first-order chi connectivity index (χ1) is 14.6. The van der Waals surface area contributed by atoms with E-state index in [-0.39, 0.29) is 5.75 Å². The van der Waals surface area contributed by atoms with Crippen LogP contribution in [-0.4, -0.2) is 65.7 Å². The number of nitrogens with one attached hydrogen (secondary N) is 1. The van der Waals surface area contributed by atoms with Gasteiger partial charge in [-0.15, -0.1) is 0 Å². The lowest BCUT2D eigenvalue weighted by Crippen LogP contribution is -2.38. The largest absolute Gasteiger partial charge is 0.506 e. The molecule has 1 aromatic heterocycles. The summed E-state index contributed by atoms with van der Waals surface area (Å²) in [6, 6.07) is 3.54. The molecule has 4 rings (SSSR count). The van der Waals surface area contributed by atoms with Crippen LogP contribution in [0, 0.1) is 0 Å². The molecular formula is C19H23Br2N7O2. The zero-order valence-corrected chi connectivity index (χ0v) is 19.6. The van der Waals surface area contributed by atoms with E-state index in [4.69, 9.17) is 9.72 Å². The average Bonchev–Trinajstić information content (AvgIpc) is 2.78. The molecule has 2 fully saturated rings. The lowest BCUT2D eigenvalue weighted by molar-refractivity contribution is 0.122. The van der Waals surface area contributed by atoms with Crippen molar-refractivity contribution in [2.24, 2.45) is 5.10 Å². The molecule has 2 aliphatic rings. The Morgan fingerprint density at radius 2 is 1.63 bits per heavy atom. The van der Waals surface area contributed by atoms with Crippen molar-refractivity contribution in [3.8, 4) is 5.75 Å². The Balaban J connectivity index is 1.58. The van der Waals surface area contributed by atoms with Crippen molar-refractivity contribution < 1.29 is 9.84 Å². The summed E-state index contributed by atoms with van der Waals surface area (Å²) in [5.74, 6) is 1.77. The molecule has 2 N–H and O–H groups in total. The van der Waals surface area contributed by atoms with Crippen LogP contribution in [0.2, 0.25) is 0 Å². The van der Waals surface area contributed by atoms with Gasteiger partial charge in [0.2, 0.25) is 17.8 Å². The second-order valence-electron chi connectivity index (χ2n) is 7.10. The molecule has 1 aromatic carbocycles. The normalized spacial score (nSPS) is 17.5. The lowest BCUT2D eigenvalue weighted by atomic mass is 10.1. The van der Waals surface area contributed by atoms with Crippen molar-refractivity contribution in [3.05, 3.63) is 26.6 Å². The second kappa shape index (κ2) is 9.88. The molecule has 0 unspecified atom stereocenters. The van der Waals surface area contributed by atoms with E-state index < -0.39 is 0 Å². The fraction of sp³-hybridized carbons (Fsp3) is 0.474. The fourth-order valence-electron chi connectivity index (χ4n) is 3.39. The second-order valence-corrected chi connectivity index (χ2v) is 8.87. The standard InChI is InChI=1S/C19H23Br2N7O2/c20-14-10-13(16(29)15(21)11-14)12-22-26-17-23-18(27-4-2-1-3-5-27)25-19(24-17)28-6-8-30-9-7-28/h10-12,29H,1-9H2,(H,23,24,25,26)/b22-12+. The number of hydrogen-bond donors (Lipinski definition) is 2. The lowest BCUT2D eigenvalue weighted by Gasteiger charge is -2.30. The Kier molecular flexibility index (Phi) is 7.00. The van der Waals surface area contributed by atoms with E-state index in [9.17, 15) is 5.11 Å². The van der Waals surface area contributed by atoms with E-state index in [1.165, 1.54) is 12.6 Å². The minimum Gasteiger partial charge on any atom is -0.506 e. The highest BCUT2D eigenvalue weighted by molar-refractivity contribution is 9.11. The number of phenolic OH excluding ortho intramolecular Hbond substituents is 1. The van der Waals surface area contributed by atoms with E-state index in [2.05, 4.69) is 62.2 Å². The number of nitrogens with zero attached hydrogens (tertiary/aromatic N) is 6. The van der Waals surface area contributed by atoms with Crippen LogP contribution in [0.5, 0.6) is 5.75 Å². The van der Waals surface area contributed by atoms with Crippen LogP contribution in [0.1, 0.15) is 24.8 Å². The molecule has 160 valence electrons. The molecule has 2 saturated heterocycles. The summed E-state index contributed by atoms with van der Waals surface area (Å²) in [5, 5.41) is 14.4. The van der Waals surface area contributed by atoms with Gasteiger partial charge in [-0.05, 0) is 47.3 Å². The van der Waals surface area contributed by atoms with Crippen LogP contribution in [0.15, 0.2) is 26.2 Å². The van der Waals surface area contributed by atoms with Crippen LogP contribution in [0.25, 0.3) is 0 Å². The molecular weight excluding hydrogens is 518 g/mol. The van der Waals surface area contributed by atoms with Gasteiger partial charge < -0.3 is 19.6 Å². The number of hydrogen-bond acceptors (Lipinski definition) is 9. The van der Waals surface area contributed by atoms with Crippen molar-refractivity contribution in [3.63, 3.8) is 0 Å². The molecule has 3 heterocycles. The third-order valence-corrected chi connectivity index (χ3v) is 6.03. The third-order valence-electron chi connectivity index (χ3n) is 4.97. The van der Waals surface area contributed by atoms with Gasteiger partial charge in [0.05, 0.1) is 23.9 Å². The molecule has 0 amide bonds. The number of phenols is 1. The summed E-state index contributed by atoms with van der Waals surface area (Å²) in [7, 11) is 0. The number of halogens is 2. The molecule has 0 atom stereocenters. The van der Waals surface area contributed by atoms with E-state index in [0.29, 0.717) is 41.1 Å². The molecule has 0 bridgehead atoms. The highest BCUT2D eigenvalue weighted by atomic mass is 79.9. The molecule has 0 aliphatic carbocycles. The number of rotatable bonds is 5. The summed E-state index contributed by atoms with van der Waals surface area (Å²) in [6.07, 6.45) is 5.04. The molecule has 0 radical (unpaired) electrons. The van der Waals surface area contributed by atoms with Crippen molar-refractivity contribution in [2.45, 2.75) is 19.3 Å². The average molecular weight is 541 g/mol. The maximum absolute atomic E-state index is 10.2. The zero-order valence-electron chi connectivity index (χ0n) is 16.4. The first kappa shape index (κ1) is 21.3. The van der Waals surface area contributed by atoms with Gasteiger partial charge in [-0.1, -0.05) is 15.9 Å². The fourth-order valence-corrected chi connectivity index (χ4v) is 4.65. The summed E-state index contributed by atoms with van der Waals surface area (Å²) < 4.78 is 6.86. The van der Waals surface area contributed by atoms with Crippen molar-refractivity contribution in [1.29, 1.82) is 0 Å². The Bertz CT molecular complexity index is 880. The Hall–Kier alpha value is -1.98. The van der Waals surface area contributed by atoms with Gasteiger partial charge in [0, 0.05) is 36.2 Å². The third kappa shape index (κ3) is 5.19. The number of anilines is 3. The topological polar surface area (TPSA) is 99.0 Å². The smallest absolute Gasteiger partial charge is 0.250 e. The monoisotopic (exact) mass is 539 g/mol. The first-order valence-corrected chi connectivity index (χ1v) is 11.5. The van der Waals surface area contributed by atoms with Crippen molar-refractivity contribution in [2.75, 3.05) is 54.6 Å². The number of morpholine rings is 1. The molecule has 30 heavy (non-hydrogen) atoms. The molecule has 2 aliphatic heterocycles. The van der Waals surface area contributed by atoms with Crippen molar-refractivity contribution >= 4 is 55.9 Å². The Labute approximate surface area is 191 Å². The van der Waals surface area contributed by atoms with Crippen LogP contribution in [-0.2, 0) is 4.74 Å². The molecule has 9 nitrogen and oxygen atoms in total. The number of benzene rings is 1. The van der Waals surface area contributed by atoms with Gasteiger partial charge >= 0.3 is 0 Å². The number of ether oxygens (including phenoxy) is 1. The van der Waals surface area contributed by atoms with E-state index in [0.717, 1.165) is 43.5 Å². The van der Waals surface area contributed by atoms with Crippen LogP contribution >= 0.6 is 31.9 Å². The minimum atomic E-state index is 0.113. The van der Waals surface area contributed by atoms with E-state index >= 15 is 0 Å². The van der Waals surface area contributed by atoms with E-state index in [1.54, 1.807) is 12.1 Å². The van der Waals surface area contributed by atoms with Crippen LogP contribution in [0.3, 0.4) is 0 Å². The summed E-state index contributed by atoms with van der Waals surface area (Å²) in [5.41, 5.74) is 3.46. The van der Waals surface area contributed by atoms with Crippen LogP contribution in [0.4, 0.5) is 17.8 Å². The molecule has 0 spiro atoms. The summed E-state index contributed by atoms with van der Waals surface area (Å²) in [6.45, 7) is 4.67. The van der Waals surface area contributed by atoms with Crippen molar-refractivity contribution in [1.82, 2.24) is 15.0 Å². The maximum atomic E-state index is 10.2. The quantitative estimate of drug-likeness (QED) is 0.440. The van der Waals surface area contributed by atoms with Gasteiger partial charge in [-0.3, -0.25) is 0 Å². The van der Waals surface area contributed by atoms with Gasteiger partial charge in [0.1, 0.15) is 5.75 Å². The summed E-state index contributed by atoms with van der Waals surface area (Å²) >= 11 is 6.74. The molecule has 2 aromatic rings. The molecule has 0 saturated carbocycles. The highest BCUT2D eigenvalue weighted by Crippen LogP contribution is 2.30. The predicted molar refractivity (Wildman–Crippen MR) is 124 cm³/mol. The zero-order chi connectivity index (χ0) is 20.9. The maximum Gasteiger partial charge on any atom is 0.250 e. The summed E-state index contributed by atoms with van der Waals surface area (Å²) in [4.78, 5) is 18.1. The van der Waals surface area contributed by atoms with Gasteiger partial charge in [-0.25, -0.2) is 5.43 Å². The number of piperidine rings is 1. The van der Waals surface area contributed by atoms with Gasteiger partial charge in [-0.2, -0.15) is 20.1 Å². The number of aromatic hydroxyl groups is 1. The number of aromatic nitrogens is 3. The predicted octanol–water partition coefficient (Wildman–Crippen LogP) is 3.38. The Morgan fingerprint density at radius 3 is 2.33 bits per heavy atom. The molecule has 11 heteroatoms. The van der Waals surface area contributed by atoms with Gasteiger partial charge in [0.15, 0.2) is 0 Å². The Morgan fingerprint density at radius 1 is 0.967 bits per heavy atom. The van der Waals surface area contributed by atoms with Crippen LogP contribution < -0.4 is 15.2 Å². The highest BCUT2D eigenvalue weighted by Gasteiger charge is 2.20.